The van der Waals surface area contributed by atoms with Gasteiger partial charge in [0, 0.05) is 6.04 Å². The summed E-state index contributed by atoms with van der Waals surface area (Å²) in [5.41, 5.74) is 0. The van der Waals surface area contributed by atoms with Gasteiger partial charge in [-0.2, -0.15) is 0 Å². The Balaban J connectivity index is 1.39. The molecule has 0 saturated heterocycles. The summed E-state index contributed by atoms with van der Waals surface area (Å²) in [6, 6.07) is 15.5. The number of fused-ring (bicyclic) bond motifs is 1. The van der Waals surface area contributed by atoms with Crippen LogP contribution in [0.4, 0.5) is 0 Å². The number of benzene rings is 2. The van der Waals surface area contributed by atoms with E-state index in [0.29, 0.717) is 0 Å². The van der Waals surface area contributed by atoms with Gasteiger partial charge in [0.1, 0.15) is 5.75 Å². The van der Waals surface area contributed by atoms with Gasteiger partial charge in [0.25, 0.3) is 0 Å². The van der Waals surface area contributed by atoms with Gasteiger partial charge in [0.2, 0.25) is 0 Å². The summed E-state index contributed by atoms with van der Waals surface area (Å²) in [6.07, 6.45) is 7.99. The minimum atomic E-state index is 0.749. The summed E-state index contributed by atoms with van der Waals surface area (Å²) in [4.78, 5) is 0. The van der Waals surface area contributed by atoms with Crippen molar-refractivity contribution in [2.45, 2.75) is 44.6 Å². The number of hydrogen-bond donors (Lipinski definition) is 1. The number of nitrogens with one attached hydrogen (secondary N) is 1. The minimum Gasteiger partial charge on any atom is -0.494 e. The molecule has 0 spiro atoms. The zero-order chi connectivity index (χ0) is 14.3. The largest absolute Gasteiger partial charge is 0.494 e. The van der Waals surface area contributed by atoms with Crippen molar-refractivity contribution >= 4 is 10.8 Å². The van der Waals surface area contributed by atoms with Crippen molar-refractivity contribution < 1.29 is 4.74 Å². The van der Waals surface area contributed by atoms with Crippen LogP contribution in [0.15, 0.2) is 42.5 Å². The molecule has 0 aliphatic heterocycles. The molecule has 2 nitrogen and oxygen atoms in total. The average Bonchev–Trinajstić information content (AvgIpc) is 2.55. The lowest BCUT2D eigenvalue weighted by molar-refractivity contribution is 0.297. The van der Waals surface area contributed by atoms with Crippen LogP contribution < -0.4 is 10.1 Å². The normalized spacial score (nSPS) is 16.2. The lowest BCUT2D eigenvalue weighted by atomic mass is 9.95. The molecule has 1 saturated carbocycles. The highest BCUT2D eigenvalue weighted by Gasteiger charge is 2.11. The highest BCUT2D eigenvalue weighted by atomic mass is 16.5. The second kappa shape index (κ2) is 7.46. The fraction of sp³-hybridized carbons (Fsp3) is 0.474. The van der Waals surface area contributed by atoms with Crippen LogP contribution in [0.3, 0.4) is 0 Å². The van der Waals surface area contributed by atoms with E-state index in [9.17, 15) is 0 Å². The Morgan fingerprint density at radius 3 is 2.62 bits per heavy atom. The summed E-state index contributed by atoms with van der Waals surface area (Å²) in [5, 5.41) is 6.17. The maximum Gasteiger partial charge on any atom is 0.119 e. The van der Waals surface area contributed by atoms with Gasteiger partial charge in [-0.25, -0.2) is 0 Å². The second-order valence-corrected chi connectivity index (χ2v) is 6.00. The molecule has 2 aromatic rings. The molecule has 21 heavy (non-hydrogen) atoms. The van der Waals surface area contributed by atoms with E-state index in [1.165, 1.54) is 42.9 Å². The van der Waals surface area contributed by atoms with Crippen LogP contribution in [0.2, 0.25) is 0 Å². The third-order valence-electron chi connectivity index (χ3n) is 4.35. The quantitative estimate of drug-likeness (QED) is 0.786. The maximum atomic E-state index is 5.86. The van der Waals surface area contributed by atoms with E-state index < -0.39 is 0 Å². The van der Waals surface area contributed by atoms with Crippen molar-refractivity contribution in [1.29, 1.82) is 0 Å². The summed E-state index contributed by atoms with van der Waals surface area (Å²) < 4.78 is 5.86. The maximum absolute atomic E-state index is 5.86. The van der Waals surface area contributed by atoms with Crippen LogP contribution in [0.5, 0.6) is 5.75 Å². The monoisotopic (exact) mass is 283 g/mol. The van der Waals surface area contributed by atoms with E-state index in [1.54, 1.807) is 0 Å². The Morgan fingerprint density at radius 1 is 0.952 bits per heavy atom. The molecule has 0 aromatic heterocycles. The number of rotatable bonds is 6. The molecule has 1 N–H and O–H groups in total. The van der Waals surface area contributed by atoms with Gasteiger partial charge in [-0.05, 0) is 48.7 Å². The summed E-state index contributed by atoms with van der Waals surface area (Å²) in [5.74, 6) is 0.978. The molecule has 2 heteroatoms. The minimum absolute atomic E-state index is 0.749. The third-order valence-corrected chi connectivity index (χ3v) is 4.35. The van der Waals surface area contributed by atoms with E-state index in [2.05, 4.69) is 47.8 Å². The molecule has 0 atom stereocenters. The van der Waals surface area contributed by atoms with Crippen LogP contribution in [-0.4, -0.2) is 19.2 Å². The van der Waals surface area contributed by atoms with Crippen LogP contribution in [0.1, 0.15) is 38.5 Å². The molecular weight excluding hydrogens is 258 g/mol. The Morgan fingerprint density at radius 2 is 1.76 bits per heavy atom. The van der Waals surface area contributed by atoms with Crippen molar-refractivity contribution in [3.8, 4) is 5.75 Å². The molecular formula is C19H25NO. The average molecular weight is 283 g/mol. The highest BCUT2D eigenvalue weighted by Crippen LogP contribution is 2.20. The highest BCUT2D eigenvalue weighted by molar-refractivity contribution is 5.83. The molecule has 1 fully saturated rings. The first-order valence-electron chi connectivity index (χ1n) is 8.27. The predicted octanol–water partition coefficient (Wildman–Crippen LogP) is 4.53. The van der Waals surface area contributed by atoms with Gasteiger partial charge in [-0.15, -0.1) is 0 Å². The third kappa shape index (κ3) is 4.21. The van der Waals surface area contributed by atoms with E-state index in [-0.39, 0.29) is 0 Å². The molecule has 1 aliphatic carbocycles. The van der Waals surface area contributed by atoms with Crippen LogP contribution in [0.25, 0.3) is 10.8 Å². The smallest absolute Gasteiger partial charge is 0.119 e. The Labute approximate surface area is 127 Å². The lowest BCUT2D eigenvalue weighted by Gasteiger charge is -2.22. The van der Waals surface area contributed by atoms with Crippen molar-refractivity contribution in [1.82, 2.24) is 5.32 Å². The molecule has 0 radical (unpaired) electrons. The number of hydrogen-bond acceptors (Lipinski definition) is 2. The van der Waals surface area contributed by atoms with Gasteiger partial charge < -0.3 is 10.1 Å². The van der Waals surface area contributed by atoms with Gasteiger partial charge >= 0.3 is 0 Å². The van der Waals surface area contributed by atoms with E-state index in [4.69, 9.17) is 4.74 Å². The molecule has 0 bridgehead atoms. The first-order chi connectivity index (χ1) is 10.4. The number of ether oxygens (including phenoxy) is 1. The molecule has 2 aromatic carbocycles. The zero-order valence-corrected chi connectivity index (χ0v) is 12.7. The van der Waals surface area contributed by atoms with E-state index in [0.717, 1.165) is 31.4 Å². The molecule has 1 aliphatic rings. The fourth-order valence-corrected chi connectivity index (χ4v) is 3.13. The summed E-state index contributed by atoms with van der Waals surface area (Å²) in [7, 11) is 0. The summed E-state index contributed by atoms with van der Waals surface area (Å²) in [6.45, 7) is 1.86. The van der Waals surface area contributed by atoms with E-state index in [1.807, 2.05) is 0 Å². The molecule has 0 unspecified atom stereocenters. The zero-order valence-electron chi connectivity index (χ0n) is 12.7. The van der Waals surface area contributed by atoms with Crippen molar-refractivity contribution in [2.75, 3.05) is 13.2 Å². The van der Waals surface area contributed by atoms with Crippen molar-refractivity contribution in [3.63, 3.8) is 0 Å². The van der Waals surface area contributed by atoms with Crippen molar-refractivity contribution in [3.05, 3.63) is 42.5 Å². The van der Waals surface area contributed by atoms with Gasteiger partial charge in [-0.1, -0.05) is 49.6 Å². The first kappa shape index (κ1) is 14.4. The Hall–Kier alpha value is -1.54. The van der Waals surface area contributed by atoms with Gasteiger partial charge in [0.15, 0.2) is 0 Å². The van der Waals surface area contributed by atoms with Gasteiger partial charge in [0.05, 0.1) is 6.61 Å². The molecule has 112 valence electrons. The van der Waals surface area contributed by atoms with E-state index >= 15 is 0 Å². The standard InChI is InChI=1S/C19H25NO/c1-2-9-18(10-3-1)20-13-6-14-21-19-12-11-16-7-4-5-8-17(16)15-19/h4-5,7-8,11-12,15,18,20H,1-3,6,9-10,13-14H2. The topological polar surface area (TPSA) is 21.3 Å². The predicted molar refractivity (Wildman–Crippen MR) is 88.9 cm³/mol. The first-order valence-corrected chi connectivity index (χ1v) is 8.27. The second-order valence-electron chi connectivity index (χ2n) is 6.00. The van der Waals surface area contributed by atoms with Crippen LogP contribution in [0, 0.1) is 0 Å². The Kier molecular flexibility index (Phi) is 5.12. The fourth-order valence-electron chi connectivity index (χ4n) is 3.13. The van der Waals surface area contributed by atoms with Crippen LogP contribution >= 0.6 is 0 Å². The molecule has 0 amide bonds. The van der Waals surface area contributed by atoms with Crippen LogP contribution in [-0.2, 0) is 0 Å². The van der Waals surface area contributed by atoms with Crippen molar-refractivity contribution in [2.24, 2.45) is 0 Å². The molecule has 0 heterocycles. The molecule has 3 rings (SSSR count). The lowest BCUT2D eigenvalue weighted by Crippen LogP contribution is -2.32. The Bertz CT molecular complexity index is 560. The summed E-state index contributed by atoms with van der Waals surface area (Å²) >= 11 is 0. The van der Waals surface area contributed by atoms with Gasteiger partial charge in [-0.3, -0.25) is 0 Å². The SMILES string of the molecule is c1ccc2cc(OCCCNC3CCCCC3)ccc2c1.